The lowest BCUT2D eigenvalue weighted by Gasteiger charge is -2.17. The second kappa shape index (κ2) is 7.17. The average Bonchev–Trinajstić information content (AvgIpc) is 3.21. The van der Waals surface area contributed by atoms with Crippen LogP contribution < -0.4 is 10.9 Å². The molecule has 0 saturated heterocycles. The van der Waals surface area contributed by atoms with E-state index in [2.05, 4.69) is 5.32 Å². The summed E-state index contributed by atoms with van der Waals surface area (Å²) in [6.07, 6.45) is 1.64. The van der Waals surface area contributed by atoms with Gasteiger partial charge in [-0.05, 0) is 55.5 Å². The molecule has 27 heavy (non-hydrogen) atoms. The summed E-state index contributed by atoms with van der Waals surface area (Å²) < 4.78 is 20.3. The maximum Gasteiger partial charge on any atom is 0.266 e. The zero-order valence-electron chi connectivity index (χ0n) is 14.8. The van der Waals surface area contributed by atoms with Crippen LogP contribution >= 0.6 is 0 Å². The zero-order valence-corrected chi connectivity index (χ0v) is 14.8. The third-order valence-corrected chi connectivity index (χ3v) is 4.55. The Hall–Kier alpha value is -3.25. The topological polar surface area (TPSA) is 64.6 Å². The lowest BCUT2D eigenvalue weighted by atomic mass is 10.2. The molecular formula is C21H19FN3O2+. The molecule has 0 spiro atoms. The summed E-state index contributed by atoms with van der Waals surface area (Å²) in [6.45, 7) is 2.61. The van der Waals surface area contributed by atoms with E-state index in [0.717, 1.165) is 5.76 Å². The van der Waals surface area contributed by atoms with Gasteiger partial charge < -0.3 is 9.73 Å². The number of furan rings is 1. The van der Waals surface area contributed by atoms with Crippen molar-refractivity contribution in [1.29, 1.82) is 0 Å². The van der Waals surface area contributed by atoms with Gasteiger partial charge in [-0.3, -0.25) is 9.36 Å². The Morgan fingerprint density at radius 1 is 1.11 bits per heavy atom. The van der Waals surface area contributed by atoms with Gasteiger partial charge >= 0.3 is 0 Å². The molecule has 5 nitrogen and oxygen atoms in total. The van der Waals surface area contributed by atoms with Crippen LogP contribution in [0.2, 0.25) is 0 Å². The fraction of sp³-hybridized carbons (Fsp3) is 0.143. The van der Waals surface area contributed by atoms with Crippen LogP contribution in [0.1, 0.15) is 24.6 Å². The van der Waals surface area contributed by atoms with Gasteiger partial charge in [-0.15, -0.1) is 0 Å². The van der Waals surface area contributed by atoms with Gasteiger partial charge in [0.2, 0.25) is 0 Å². The zero-order chi connectivity index (χ0) is 18.8. The molecule has 2 heterocycles. The highest BCUT2D eigenvalue weighted by atomic mass is 19.1. The van der Waals surface area contributed by atoms with E-state index in [9.17, 15) is 9.18 Å². The first-order valence-corrected chi connectivity index (χ1v) is 8.77. The minimum Gasteiger partial charge on any atom is -0.463 e. The maximum absolute atomic E-state index is 13.4. The molecule has 6 heteroatoms. The van der Waals surface area contributed by atoms with Crippen LogP contribution in [0.15, 0.2) is 76.1 Å². The molecule has 0 aliphatic carbocycles. The van der Waals surface area contributed by atoms with Gasteiger partial charge in [-0.25, -0.2) is 9.37 Å². The fourth-order valence-corrected chi connectivity index (χ4v) is 3.12. The third kappa shape index (κ3) is 3.39. The molecule has 4 aromatic rings. The van der Waals surface area contributed by atoms with E-state index < -0.39 is 0 Å². The normalized spacial score (nSPS) is 12.4. The number of quaternary nitrogens is 1. The standard InChI is InChI=1S/C21H18FN3O2/c1-14(23-13-17-5-4-12-27-17)20-24-19-7-3-2-6-18(19)21(26)25(20)16-10-8-15(22)9-11-16/h2-12,14,23H,13H2,1H3/p+1/t14-/m1/s1. The largest absolute Gasteiger partial charge is 0.463 e. The average molecular weight is 364 g/mol. The van der Waals surface area contributed by atoms with E-state index in [1.54, 1.807) is 29.0 Å². The Morgan fingerprint density at radius 3 is 2.63 bits per heavy atom. The Kier molecular flexibility index (Phi) is 4.56. The van der Waals surface area contributed by atoms with Crippen LogP contribution in [0.5, 0.6) is 0 Å². The number of halogens is 1. The lowest BCUT2D eigenvalue weighted by Crippen LogP contribution is -2.83. The number of nitrogens with two attached hydrogens (primary N) is 1. The van der Waals surface area contributed by atoms with Gasteiger partial charge in [0.1, 0.15) is 18.4 Å². The molecule has 0 aliphatic heterocycles. The van der Waals surface area contributed by atoms with E-state index in [1.165, 1.54) is 12.1 Å². The van der Waals surface area contributed by atoms with E-state index in [1.807, 2.05) is 37.3 Å². The number of benzene rings is 2. The molecule has 0 amide bonds. The quantitative estimate of drug-likeness (QED) is 0.592. The summed E-state index contributed by atoms with van der Waals surface area (Å²) in [4.78, 5) is 17.9. The molecule has 1 atom stereocenters. The predicted molar refractivity (Wildman–Crippen MR) is 100 cm³/mol. The van der Waals surface area contributed by atoms with Crippen LogP contribution in [0.3, 0.4) is 0 Å². The number of hydrogen-bond acceptors (Lipinski definition) is 3. The summed E-state index contributed by atoms with van der Waals surface area (Å²) in [6, 6.07) is 16.8. The fourth-order valence-electron chi connectivity index (χ4n) is 3.12. The first-order valence-electron chi connectivity index (χ1n) is 8.77. The molecular weight excluding hydrogens is 345 g/mol. The molecule has 2 aromatic heterocycles. The van der Waals surface area contributed by atoms with Crippen molar-refractivity contribution < 1.29 is 14.1 Å². The molecule has 0 saturated carbocycles. The molecule has 0 bridgehead atoms. The molecule has 136 valence electrons. The first kappa shape index (κ1) is 17.2. The monoisotopic (exact) mass is 364 g/mol. The van der Waals surface area contributed by atoms with Crippen molar-refractivity contribution in [3.63, 3.8) is 0 Å². The Balaban J connectivity index is 1.83. The van der Waals surface area contributed by atoms with Gasteiger partial charge in [-0.2, -0.15) is 0 Å². The van der Waals surface area contributed by atoms with Crippen molar-refractivity contribution in [3.05, 3.63) is 94.7 Å². The van der Waals surface area contributed by atoms with Gasteiger partial charge in [0.05, 0.1) is 22.9 Å². The Labute approximate surface area is 155 Å². The minimum atomic E-state index is -0.348. The maximum atomic E-state index is 13.4. The van der Waals surface area contributed by atoms with Crippen molar-refractivity contribution in [2.45, 2.75) is 19.5 Å². The van der Waals surface area contributed by atoms with Gasteiger partial charge in [0.25, 0.3) is 5.56 Å². The van der Waals surface area contributed by atoms with Crippen LogP contribution in [-0.2, 0) is 6.54 Å². The number of para-hydroxylation sites is 1. The summed E-state index contributed by atoms with van der Waals surface area (Å²) >= 11 is 0. The molecule has 4 rings (SSSR count). The van der Waals surface area contributed by atoms with Gasteiger partial charge in [0, 0.05) is 0 Å². The van der Waals surface area contributed by atoms with Crippen LogP contribution in [0.25, 0.3) is 16.6 Å². The van der Waals surface area contributed by atoms with E-state index in [-0.39, 0.29) is 17.4 Å². The second-order valence-electron chi connectivity index (χ2n) is 6.41. The highest BCUT2D eigenvalue weighted by Gasteiger charge is 2.20. The predicted octanol–water partition coefficient (Wildman–Crippen LogP) is 2.94. The van der Waals surface area contributed by atoms with Crippen molar-refractivity contribution >= 4 is 10.9 Å². The van der Waals surface area contributed by atoms with E-state index in [4.69, 9.17) is 9.40 Å². The number of fused-ring (bicyclic) bond motifs is 1. The SMILES string of the molecule is C[C@@H]([NH2+]Cc1ccco1)c1nc2ccccc2c(=O)n1-c1ccc(F)cc1. The molecule has 0 aliphatic rings. The number of nitrogens with zero attached hydrogens (tertiary/aromatic N) is 2. The van der Waals surface area contributed by atoms with Gasteiger partial charge in [0.15, 0.2) is 11.6 Å². The van der Waals surface area contributed by atoms with Crippen molar-refractivity contribution in [2.24, 2.45) is 0 Å². The second-order valence-corrected chi connectivity index (χ2v) is 6.41. The van der Waals surface area contributed by atoms with Crippen molar-refractivity contribution in [3.8, 4) is 5.69 Å². The van der Waals surface area contributed by atoms with E-state index in [0.29, 0.717) is 29.0 Å². The Morgan fingerprint density at radius 2 is 1.89 bits per heavy atom. The van der Waals surface area contributed by atoms with Gasteiger partial charge in [-0.1, -0.05) is 12.1 Å². The summed E-state index contributed by atoms with van der Waals surface area (Å²) in [5.74, 6) is 1.11. The van der Waals surface area contributed by atoms with Crippen LogP contribution in [0, 0.1) is 5.82 Å². The Bertz CT molecular complexity index is 1120. The van der Waals surface area contributed by atoms with Crippen molar-refractivity contribution in [1.82, 2.24) is 9.55 Å². The molecule has 0 fully saturated rings. The van der Waals surface area contributed by atoms with E-state index >= 15 is 0 Å². The first-order chi connectivity index (χ1) is 13.1. The number of hydrogen-bond donors (Lipinski definition) is 1. The number of rotatable bonds is 5. The van der Waals surface area contributed by atoms with Crippen LogP contribution in [0.4, 0.5) is 4.39 Å². The molecule has 2 N–H and O–H groups in total. The highest BCUT2D eigenvalue weighted by molar-refractivity contribution is 5.77. The summed E-state index contributed by atoms with van der Waals surface area (Å²) in [5.41, 5.74) is 1.07. The van der Waals surface area contributed by atoms with Crippen LogP contribution in [-0.4, -0.2) is 9.55 Å². The summed E-state index contributed by atoms with van der Waals surface area (Å²) in [5, 5.41) is 2.58. The lowest BCUT2D eigenvalue weighted by molar-refractivity contribution is -0.710. The molecule has 0 radical (unpaired) electrons. The third-order valence-electron chi connectivity index (χ3n) is 4.55. The highest BCUT2D eigenvalue weighted by Crippen LogP contribution is 2.16. The molecule has 0 unspecified atom stereocenters. The van der Waals surface area contributed by atoms with Crippen molar-refractivity contribution in [2.75, 3.05) is 0 Å². The minimum absolute atomic E-state index is 0.113. The molecule has 2 aromatic carbocycles. The summed E-state index contributed by atoms with van der Waals surface area (Å²) in [7, 11) is 0. The smallest absolute Gasteiger partial charge is 0.266 e. The number of aromatic nitrogens is 2.